The number of rotatable bonds is 3. The molecule has 0 aliphatic carbocycles. The van der Waals surface area contributed by atoms with E-state index in [0.29, 0.717) is 6.54 Å². The number of carbonyl (C=O) groups is 1. The van der Waals surface area contributed by atoms with Crippen molar-refractivity contribution in [2.45, 2.75) is 6.92 Å². The molecule has 0 saturated carbocycles. The summed E-state index contributed by atoms with van der Waals surface area (Å²) < 4.78 is 0. The lowest BCUT2D eigenvalue weighted by atomic mass is 10.5. The first-order valence-corrected chi connectivity index (χ1v) is 2.81. The molecule has 0 aromatic carbocycles. The molecule has 0 heterocycles. The van der Waals surface area contributed by atoms with E-state index in [1.54, 1.807) is 6.92 Å². The summed E-state index contributed by atoms with van der Waals surface area (Å²) in [6.07, 6.45) is -0.980. The van der Waals surface area contributed by atoms with Gasteiger partial charge >= 0.3 is 6.09 Å². The third-order valence-electron chi connectivity index (χ3n) is 1.02. The van der Waals surface area contributed by atoms with E-state index in [0.717, 1.165) is 4.90 Å². The number of hydrogen-bond donors (Lipinski definition) is 2. The second-order valence-electron chi connectivity index (χ2n) is 1.59. The molecule has 0 bridgehead atoms. The van der Waals surface area contributed by atoms with Crippen molar-refractivity contribution in [3.63, 3.8) is 0 Å². The highest BCUT2D eigenvalue weighted by molar-refractivity contribution is 5.64. The van der Waals surface area contributed by atoms with Crippen molar-refractivity contribution >= 4 is 6.09 Å². The highest BCUT2D eigenvalue weighted by Crippen LogP contribution is 1.85. The van der Waals surface area contributed by atoms with Gasteiger partial charge in [-0.25, -0.2) is 4.79 Å². The maximum absolute atomic E-state index is 10.1. The van der Waals surface area contributed by atoms with Crippen LogP contribution in [0.2, 0.25) is 0 Å². The Morgan fingerprint density at radius 3 is 2.33 bits per heavy atom. The smallest absolute Gasteiger partial charge is 0.407 e. The number of aliphatic hydroxyl groups excluding tert-OH is 1. The average Bonchev–Trinajstić information content (AvgIpc) is 1.82. The predicted octanol–water partition coefficient (Wildman–Crippen LogP) is -0.0214. The summed E-state index contributed by atoms with van der Waals surface area (Å²) in [5, 5.41) is 16.6. The van der Waals surface area contributed by atoms with E-state index in [2.05, 4.69) is 0 Å². The van der Waals surface area contributed by atoms with Gasteiger partial charge in [0.1, 0.15) is 0 Å². The van der Waals surface area contributed by atoms with E-state index < -0.39 is 6.09 Å². The molecule has 9 heavy (non-hydrogen) atoms. The Morgan fingerprint density at radius 1 is 1.67 bits per heavy atom. The molecular weight excluding hydrogens is 122 g/mol. The minimum Gasteiger partial charge on any atom is -0.465 e. The van der Waals surface area contributed by atoms with Crippen molar-refractivity contribution in [3.8, 4) is 0 Å². The van der Waals surface area contributed by atoms with Crippen molar-refractivity contribution < 1.29 is 15.0 Å². The van der Waals surface area contributed by atoms with Gasteiger partial charge in [-0.1, -0.05) is 0 Å². The molecule has 0 rings (SSSR count). The van der Waals surface area contributed by atoms with Gasteiger partial charge in [-0.2, -0.15) is 0 Å². The van der Waals surface area contributed by atoms with E-state index in [9.17, 15) is 4.79 Å². The normalized spacial score (nSPS) is 9.11. The molecule has 0 atom stereocenters. The summed E-state index contributed by atoms with van der Waals surface area (Å²) in [7, 11) is 0. The lowest BCUT2D eigenvalue weighted by Gasteiger charge is -2.13. The van der Waals surface area contributed by atoms with Crippen LogP contribution in [0.25, 0.3) is 0 Å². The van der Waals surface area contributed by atoms with Crippen LogP contribution in [0, 0.1) is 0 Å². The van der Waals surface area contributed by atoms with Gasteiger partial charge in [0.2, 0.25) is 0 Å². The van der Waals surface area contributed by atoms with Gasteiger partial charge in [-0.05, 0) is 6.92 Å². The predicted molar refractivity (Wildman–Crippen MR) is 32.4 cm³/mol. The highest BCUT2D eigenvalue weighted by Gasteiger charge is 2.05. The zero-order chi connectivity index (χ0) is 7.28. The van der Waals surface area contributed by atoms with Crippen LogP contribution in [0.3, 0.4) is 0 Å². The van der Waals surface area contributed by atoms with Gasteiger partial charge in [0.25, 0.3) is 0 Å². The quantitative estimate of drug-likeness (QED) is 0.568. The van der Waals surface area contributed by atoms with Crippen LogP contribution >= 0.6 is 0 Å². The van der Waals surface area contributed by atoms with E-state index in [-0.39, 0.29) is 13.2 Å². The lowest BCUT2D eigenvalue weighted by Crippen LogP contribution is -2.31. The van der Waals surface area contributed by atoms with Crippen LogP contribution < -0.4 is 0 Å². The van der Waals surface area contributed by atoms with Crippen molar-refractivity contribution in [1.82, 2.24) is 4.90 Å². The topological polar surface area (TPSA) is 60.8 Å². The summed E-state index contributed by atoms with van der Waals surface area (Å²) in [5.74, 6) is 0. The molecule has 0 unspecified atom stereocenters. The van der Waals surface area contributed by atoms with E-state index in [1.165, 1.54) is 0 Å². The molecule has 2 N–H and O–H groups in total. The zero-order valence-electron chi connectivity index (χ0n) is 5.37. The second kappa shape index (κ2) is 4.14. The number of nitrogens with zero attached hydrogens (tertiary/aromatic N) is 1. The fourth-order valence-corrected chi connectivity index (χ4v) is 0.510. The van der Waals surface area contributed by atoms with Crippen molar-refractivity contribution in [2.24, 2.45) is 0 Å². The monoisotopic (exact) mass is 133 g/mol. The Hall–Kier alpha value is -0.770. The first kappa shape index (κ1) is 8.23. The zero-order valence-corrected chi connectivity index (χ0v) is 5.37. The summed E-state index contributed by atoms with van der Waals surface area (Å²) in [4.78, 5) is 11.3. The van der Waals surface area contributed by atoms with Gasteiger partial charge in [-0.3, -0.25) is 0 Å². The van der Waals surface area contributed by atoms with Crippen LogP contribution in [0.5, 0.6) is 0 Å². The standard InChI is InChI=1S/C5H11NO3/c1-2-6(3-4-7)5(8)9/h7H,2-4H2,1H3,(H,8,9). The molecule has 54 valence electrons. The molecule has 0 aromatic heterocycles. The summed E-state index contributed by atoms with van der Waals surface area (Å²) in [5.41, 5.74) is 0. The Bertz CT molecular complexity index is 94.2. The number of likely N-dealkylation sites (N-methyl/N-ethyl adjacent to an activating group) is 1. The number of amides is 1. The molecule has 0 aliphatic heterocycles. The summed E-state index contributed by atoms with van der Waals surface area (Å²) >= 11 is 0. The van der Waals surface area contributed by atoms with Gasteiger partial charge in [0.15, 0.2) is 0 Å². The largest absolute Gasteiger partial charge is 0.465 e. The van der Waals surface area contributed by atoms with Crippen LogP contribution in [0.1, 0.15) is 6.92 Å². The third kappa shape index (κ3) is 2.92. The molecular formula is C5H11NO3. The van der Waals surface area contributed by atoms with E-state index in [4.69, 9.17) is 10.2 Å². The molecule has 0 fully saturated rings. The molecule has 0 radical (unpaired) electrons. The molecule has 0 aliphatic rings. The maximum atomic E-state index is 10.1. The lowest BCUT2D eigenvalue weighted by molar-refractivity contribution is 0.135. The molecule has 4 heteroatoms. The Morgan fingerprint density at radius 2 is 2.22 bits per heavy atom. The number of carboxylic acid groups (broad SMARTS) is 1. The van der Waals surface area contributed by atoms with Gasteiger partial charge in [0, 0.05) is 13.1 Å². The van der Waals surface area contributed by atoms with Crippen LogP contribution in [0.15, 0.2) is 0 Å². The van der Waals surface area contributed by atoms with Crippen molar-refractivity contribution in [3.05, 3.63) is 0 Å². The maximum Gasteiger partial charge on any atom is 0.407 e. The van der Waals surface area contributed by atoms with Crippen LogP contribution in [-0.2, 0) is 0 Å². The summed E-state index contributed by atoms with van der Waals surface area (Å²) in [6.45, 7) is 2.24. The van der Waals surface area contributed by atoms with Crippen LogP contribution in [0.4, 0.5) is 4.79 Å². The van der Waals surface area contributed by atoms with Gasteiger partial charge in [-0.15, -0.1) is 0 Å². The van der Waals surface area contributed by atoms with E-state index >= 15 is 0 Å². The van der Waals surface area contributed by atoms with E-state index in [1.807, 2.05) is 0 Å². The minimum absolute atomic E-state index is 0.111. The first-order chi connectivity index (χ1) is 4.22. The van der Waals surface area contributed by atoms with Gasteiger partial charge < -0.3 is 15.1 Å². The second-order valence-corrected chi connectivity index (χ2v) is 1.59. The van der Waals surface area contributed by atoms with Gasteiger partial charge in [0.05, 0.1) is 6.61 Å². The molecule has 0 spiro atoms. The van der Waals surface area contributed by atoms with Crippen LogP contribution in [-0.4, -0.2) is 40.9 Å². The average molecular weight is 133 g/mol. The number of aliphatic hydroxyl groups is 1. The minimum atomic E-state index is -0.980. The Labute approximate surface area is 53.7 Å². The Balaban J connectivity index is 3.54. The third-order valence-corrected chi connectivity index (χ3v) is 1.02. The fraction of sp³-hybridized carbons (Fsp3) is 0.800. The van der Waals surface area contributed by atoms with Crippen molar-refractivity contribution in [2.75, 3.05) is 19.7 Å². The fourth-order valence-electron chi connectivity index (χ4n) is 0.510. The first-order valence-electron chi connectivity index (χ1n) is 2.81. The summed E-state index contributed by atoms with van der Waals surface area (Å²) in [6, 6.07) is 0. The molecule has 1 amide bonds. The highest BCUT2D eigenvalue weighted by atomic mass is 16.4. The number of hydrogen-bond acceptors (Lipinski definition) is 2. The molecule has 4 nitrogen and oxygen atoms in total. The molecule has 0 saturated heterocycles. The SMILES string of the molecule is CCN(CCO)C(=O)O. The van der Waals surface area contributed by atoms with Crippen molar-refractivity contribution in [1.29, 1.82) is 0 Å². The Kier molecular flexibility index (Phi) is 3.79. The molecule has 0 aromatic rings.